The molecule has 4 N–H and O–H groups in total. The van der Waals surface area contributed by atoms with Crippen LogP contribution in [-0.4, -0.2) is 56.0 Å². The minimum atomic E-state index is -0.747. The Morgan fingerprint density at radius 3 is 2.74 bits per heavy atom. The van der Waals surface area contributed by atoms with Crippen molar-refractivity contribution in [3.8, 4) is 16.9 Å². The van der Waals surface area contributed by atoms with Gasteiger partial charge in [-0.1, -0.05) is 34.7 Å². The van der Waals surface area contributed by atoms with E-state index in [1.165, 1.54) is 6.07 Å². The minimum absolute atomic E-state index is 0.00000504. The number of para-hydroxylation sites is 1. The molecule has 1 aliphatic carbocycles. The summed E-state index contributed by atoms with van der Waals surface area (Å²) in [5.74, 6) is -0.0758. The molecular formula is C23H24IN7O4. The van der Waals surface area contributed by atoms with E-state index in [0.29, 0.717) is 34.3 Å². The first-order valence-electron chi connectivity index (χ1n) is 11.1. The highest BCUT2D eigenvalue weighted by molar-refractivity contribution is 14.1. The topological polar surface area (TPSA) is 146 Å². The Balaban J connectivity index is 1.46. The average molecular weight is 589 g/mol. The van der Waals surface area contributed by atoms with E-state index in [4.69, 9.17) is 15.2 Å². The maximum atomic E-state index is 12.2. The number of amides is 2. The van der Waals surface area contributed by atoms with E-state index in [9.17, 15) is 9.59 Å². The number of alkyl halides is 1. The van der Waals surface area contributed by atoms with Crippen LogP contribution in [0.4, 0.5) is 17.2 Å². The number of anilines is 3. The maximum absolute atomic E-state index is 12.2. The largest absolute Gasteiger partial charge is 0.494 e. The fourth-order valence-corrected chi connectivity index (χ4v) is 4.74. The lowest BCUT2D eigenvalue weighted by atomic mass is 10.1. The summed E-state index contributed by atoms with van der Waals surface area (Å²) < 4.78 is 13.6. The summed E-state index contributed by atoms with van der Waals surface area (Å²) in [6, 6.07) is 7.32. The molecule has 0 spiro atoms. The molecule has 5 rings (SSSR count). The second kappa shape index (κ2) is 9.77. The van der Waals surface area contributed by atoms with Gasteiger partial charge in [-0.2, -0.15) is 5.10 Å². The molecule has 2 amide bonds. The number of rotatable bonds is 8. The minimum Gasteiger partial charge on any atom is -0.494 e. The number of carbonyl (C=O) groups excluding carboxylic acids is 2. The van der Waals surface area contributed by atoms with Gasteiger partial charge < -0.3 is 25.8 Å². The molecule has 2 aliphatic rings. The lowest BCUT2D eigenvalue weighted by molar-refractivity contribution is -0.117. The van der Waals surface area contributed by atoms with Crippen LogP contribution in [0.2, 0.25) is 0 Å². The molecule has 1 saturated carbocycles. The lowest BCUT2D eigenvalue weighted by Gasteiger charge is -2.16. The van der Waals surface area contributed by atoms with Crippen molar-refractivity contribution in [3.05, 3.63) is 42.4 Å². The van der Waals surface area contributed by atoms with Gasteiger partial charge in [0, 0.05) is 29.3 Å². The number of nitrogens with zero attached hydrogens (tertiary/aromatic N) is 4. The van der Waals surface area contributed by atoms with E-state index >= 15 is 0 Å². The van der Waals surface area contributed by atoms with Gasteiger partial charge in [-0.05, 0) is 18.9 Å². The van der Waals surface area contributed by atoms with Crippen molar-refractivity contribution in [1.82, 2.24) is 20.0 Å². The second-order valence-electron chi connectivity index (χ2n) is 8.46. The Labute approximate surface area is 214 Å². The van der Waals surface area contributed by atoms with Gasteiger partial charge in [-0.25, -0.2) is 0 Å². The molecule has 1 unspecified atom stereocenters. The molecule has 1 saturated heterocycles. The van der Waals surface area contributed by atoms with Crippen molar-refractivity contribution in [2.24, 2.45) is 11.7 Å². The first-order valence-corrected chi connectivity index (χ1v) is 12.4. The molecule has 0 bridgehead atoms. The van der Waals surface area contributed by atoms with Gasteiger partial charge in [0.1, 0.15) is 5.75 Å². The van der Waals surface area contributed by atoms with Gasteiger partial charge >= 0.3 is 0 Å². The lowest BCUT2D eigenvalue weighted by Crippen LogP contribution is -2.19. The van der Waals surface area contributed by atoms with Crippen molar-refractivity contribution >= 4 is 51.6 Å². The van der Waals surface area contributed by atoms with Crippen LogP contribution >= 0.6 is 22.6 Å². The number of nitrogens with two attached hydrogens (primary N) is 1. The molecule has 0 radical (unpaired) electrons. The van der Waals surface area contributed by atoms with Crippen molar-refractivity contribution in [3.63, 3.8) is 0 Å². The van der Waals surface area contributed by atoms with Crippen LogP contribution in [0.1, 0.15) is 29.4 Å². The quantitative estimate of drug-likeness (QED) is 0.269. The number of ether oxygens (including phenoxy) is 2. The van der Waals surface area contributed by atoms with Crippen molar-refractivity contribution in [2.75, 3.05) is 31.0 Å². The summed E-state index contributed by atoms with van der Waals surface area (Å²) in [5.41, 5.74) is 8.06. The number of benzene rings is 1. The van der Waals surface area contributed by atoms with Crippen LogP contribution in [0.3, 0.4) is 0 Å². The smallest absolute Gasteiger partial charge is 0.271 e. The normalized spacial score (nSPS) is 19.4. The molecule has 2 atom stereocenters. The van der Waals surface area contributed by atoms with Crippen molar-refractivity contribution in [1.29, 1.82) is 0 Å². The summed E-state index contributed by atoms with van der Waals surface area (Å²) in [7, 11) is 1.57. The molecule has 182 valence electrons. The Bertz CT molecular complexity index is 1280. The third kappa shape index (κ3) is 4.93. The van der Waals surface area contributed by atoms with Crippen LogP contribution < -0.4 is 21.1 Å². The summed E-state index contributed by atoms with van der Waals surface area (Å²) in [6.07, 6.45) is 5.48. The number of nitrogens with one attached hydrogen (secondary N) is 2. The standard InChI is InChI=1S/C23H24IN7O4/c1-34-21-14(13-8-26-31(9-13)18-11-35-10-15(18)24)3-2-4-16(21)27-17-7-19(28-23(33)12-5-6-12)29-30-20(17)22(25)32/h2-4,7-9,12,15,18H,5-6,10-11H2,1H3,(H2,25,32)(H2,27,28,29,33)/t15?,18-/m0/s1. The SMILES string of the molecule is COc1c(Nc2cc(NC(=O)C3CC3)nnc2C(N)=O)cccc1-c1cnn([C@H]2COCC2I)c1. The van der Waals surface area contributed by atoms with E-state index in [-0.39, 0.29) is 29.4 Å². The Kier molecular flexibility index (Phi) is 6.56. The molecule has 1 aromatic carbocycles. The maximum Gasteiger partial charge on any atom is 0.271 e. The molecule has 3 heterocycles. The van der Waals surface area contributed by atoms with Gasteiger partial charge in [0.15, 0.2) is 11.5 Å². The van der Waals surface area contributed by atoms with Crippen LogP contribution in [0, 0.1) is 5.92 Å². The average Bonchev–Trinajstić information content (AvgIpc) is 3.44. The molecule has 1 aliphatic heterocycles. The van der Waals surface area contributed by atoms with Crippen LogP contribution in [-0.2, 0) is 9.53 Å². The zero-order chi connectivity index (χ0) is 24.5. The number of hydrogen-bond donors (Lipinski definition) is 3. The van der Waals surface area contributed by atoms with Gasteiger partial charge in [0.05, 0.1) is 47.9 Å². The number of primary amides is 1. The molecular weight excluding hydrogens is 565 g/mol. The molecule has 3 aromatic rings. The predicted octanol–water partition coefficient (Wildman–Crippen LogP) is 2.91. The third-order valence-corrected chi connectivity index (χ3v) is 7.14. The first kappa shape index (κ1) is 23.5. The fraction of sp³-hybridized carbons (Fsp3) is 0.348. The Morgan fingerprint density at radius 1 is 1.23 bits per heavy atom. The Morgan fingerprint density at radius 2 is 2.06 bits per heavy atom. The highest BCUT2D eigenvalue weighted by Gasteiger charge is 2.30. The van der Waals surface area contributed by atoms with Crippen LogP contribution in [0.15, 0.2) is 36.7 Å². The van der Waals surface area contributed by atoms with Gasteiger partial charge in [0.25, 0.3) is 5.91 Å². The first-order chi connectivity index (χ1) is 16.9. The van der Waals surface area contributed by atoms with Gasteiger partial charge in [-0.3, -0.25) is 14.3 Å². The summed E-state index contributed by atoms with van der Waals surface area (Å²) >= 11 is 2.38. The highest BCUT2D eigenvalue weighted by atomic mass is 127. The molecule has 12 heteroatoms. The second-order valence-corrected chi connectivity index (χ2v) is 10.1. The number of carbonyl (C=O) groups is 2. The molecule has 2 aromatic heterocycles. The Hall–Kier alpha value is -3.26. The molecule has 35 heavy (non-hydrogen) atoms. The van der Waals surface area contributed by atoms with E-state index in [2.05, 4.69) is 48.5 Å². The van der Waals surface area contributed by atoms with E-state index < -0.39 is 5.91 Å². The molecule has 11 nitrogen and oxygen atoms in total. The summed E-state index contributed by atoms with van der Waals surface area (Å²) in [4.78, 5) is 24.2. The monoisotopic (exact) mass is 589 g/mol. The number of aromatic nitrogens is 4. The number of hydrogen-bond acceptors (Lipinski definition) is 8. The van der Waals surface area contributed by atoms with Gasteiger partial charge in [-0.15, -0.1) is 10.2 Å². The van der Waals surface area contributed by atoms with Gasteiger partial charge in [0.2, 0.25) is 5.91 Å². The fourth-order valence-electron chi connectivity index (χ4n) is 3.95. The molecule has 2 fully saturated rings. The predicted molar refractivity (Wildman–Crippen MR) is 137 cm³/mol. The number of methoxy groups -OCH3 is 1. The summed E-state index contributed by atoms with van der Waals surface area (Å²) in [5, 5.41) is 18.3. The summed E-state index contributed by atoms with van der Waals surface area (Å²) in [6.45, 7) is 1.33. The van der Waals surface area contributed by atoms with E-state index in [1.807, 2.05) is 29.1 Å². The zero-order valence-corrected chi connectivity index (χ0v) is 21.1. The van der Waals surface area contributed by atoms with Crippen molar-refractivity contribution < 1.29 is 19.1 Å². The third-order valence-electron chi connectivity index (χ3n) is 5.95. The number of halogens is 1. The zero-order valence-electron chi connectivity index (χ0n) is 18.9. The van der Waals surface area contributed by atoms with Crippen LogP contribution in [0.5, 0.6) is 5.75 Å². The van der Waals surface area contributed by atoms with Crippen molar-refractivity contribution in [2.45, 2.75) is 22.8 Å². The van der Waals surface area contributed by atoms with E-state index in [0.717, 1.165) is 24.0 Å². The van der Waals surface area contributed by atoms with Crippen LogP contribution in [0.25, 0.3) is 11.1 Å². The highest BCUT2D eigenvalue weighted by Crippen LogP contribution is 2.39. The van der Waals surface area contributed by atoms with E-state index in [1.54, 1.807) is 13.3 Å².